The van der Waals surface area contributed by atoms with Crippen LogP contribution in [0.1, 0.15) is 41.0 Å². The molecular formula is C17H27NO9. The Balaban J connectivity index is 3.22. The molecule has 0 bridgehead atoms. The summed E-state index contributed by atoms with van der Waals surface area (Å²) in [5.41, 5.74) is 0. The van der Waals surface area contributed by atoms with Crippen molar-refractivity contribution in [3.05, 3.63) is 0 Å². The van der Waals surface area contributed by atoms with Crippen molar-refractivity contribution in [2.45, 2.75) is 71.7 Å². The smallest absolute Gasteiger partial charge is 0.303 e. The van der Waals surface area contributed by atoms with Crippen molar-refractivity contribution in [2.75, 3.05) is 13.2 Å². The van der Waals surface area contributed by atoms with Gasteiger partial charge in [0.2, 0.25) is 5.91 Å². The van der Waals surface area contributed by atoms with Gasteiger partial charge in [-0.1, -0.05) is 6.92 Å². The van der Waals surface area contributed by atoms with Crippen LogP contribution in [0.15, 0.2) is 0 Å². The highest BCUT2D eigenvalue weighted by atomic mass is 16.7. The minimum absolute atomic E-state index is 0.246. The Morgan fingerprint density at radius 1 is 0.926 bits per heavy atom. The monoisotopic (exact) mass is 389 g/mol. The summed E-state index contributed by atoms with van der Waals surface area (Å²) in [6, 6.07) is -0.920. The first-order valence-electron chi connectivity index (χ1n) is 8.67. The quantitative estimate of drug-likeness (QED) is 0.453. The van der Waals surface area contributed by atoms with E-state index in [0.29, 0.717) is 13.0 Å². The number of rotatable bonds is 8. The maximum absolute atomic E-state index is 11.6. The van der Waals surface area contributed by atoms with Crippen LogP contribution >= 0.6 is 0 Å². The van der Waals surface area contributed by atoms with Crippen molar-refractivity contribution in [1.82, 2.24) is 5.32 Å². The van der Waals surface area contributed by atoms with Gasteiger partial charge in [0.15, 0.2) is 18.5 Å². The SMILES string of the molecule is CCCO[C@@H]1O[C@H](COC(C)=O)[C@H](OC(C)=O)[C@H](OC(C)=O)[C@@H]1NC(C)=O. The molecule has 154 valence electrons. The molecule has 5 atom stereocenters. The highest BCUT2D eigenvalue weighted by Gasteiger charge is 2.51. The molecule has 0 spiro atoms. The molecule has 27 heavy (non-hydrogen) atoms. The second kappa shape index (κ2) is 10.8. The number of carbonyl (C=O) groups is 4. The Kier molecular flexibility index (Phi) is 9.16. The molecule has 10 heteroatoms. The lowest BCUT2D eigenvalue weighted by atomic mass is 9.96. The average Bonchev–Trinajstić information content (AvgIpc) is 2.54. The molecule has 0 aromatic heterocycles. The zero-order valence-electron chi connectivity index (χ0n) is 16.2. The molecule has 1 aliphatic rings. The first-order chi connectivity index (χ1) is 12.6. The molecule has 1 heterocycles. The van der Waals surface area contributed by atoms with Gasteiger partial charge in [0.1, 0.15) is 18.8 Å². The molecule has 10 nitrogen and oxygen atoms in total. The average molecular weight is 389 g/mol. The Labute approximate surface area is 157 Å². The number of hydrogen-bond donors (Lipinski definition) is 1. The summed E-state index contributed by atoms with van der Waals surface area (Å²) in [7, 11) is 0. The van der Waals surface area contributed by atoms with Crippen LogP contribution in [-0.2, 0) is 42.9 Å². The summed E-state index contributed by atoms with van der Waals surface area (Å²) in [6.45, 7) is 6.83. The van der Waals surface area contributed by atoms with Crippen molar-refractivity contribution in [1.29, 1.82) is 0 Å². The van der Waals surface area contributed by atoms with Crippen molar-refractivity contribution >= 4 is 23.8 Å². The Morgan fingerprint density at radius 2 is 1.52 bits per heavy atom. The lowest BCUT2D eigenvalue weighted by Crippen LogP contribution is -2.66. The lowest BCUT2D eigenvalue weighted by Gasteiger charge is -2.44. The zero-order chi connectivity index (χ0) is 20.6. The van der Waals surface area contributed by atoms with Crippen molar-refractivity contribution in [3.63, 3.8) is 0 Å². The fraction of sp³-hybridized carbons (Fsp3) is 0.765. The summed E-state index contributed by atoms with van der Waals surface area (Å²) in [5.74, 6) is -2.26. The van der Waals surface area contributed by atoms with Gasteiger partial charge >= 0.3 is 17.9 Å². The molecule has 1 saturated heterocycles. The molecule has 1 amide bonds. The van der Waals surface area contributed by atoms with E-state index < -0.39 is 54.5 Å². The highest BCUT2D eigenvalue weighted by molar-refractivity contribution is 5.73. The van der Waals surface area contributed by atoms with Crippen LogP contribution in [0.25, 0.3) is 0 Å². The number of carbonyl (C=O) groups excluding carboxylic acids is 4. The van der Waals surface area contributed by atoms with Crippen LogP contribution in [0.3, 0.4) is 0 Å². The molecule has 1 aliphatic heterocycles. The van der Waals surface area contributed by atoms with Gasteiger partial charge in [0.05, 0.1) is 0 Å². The van der Waals surface area contributed by atoms with Gasteiger partial charge in [-0.2, -0.15) is 0 Å². The molecule has 0 aromatic carbocycles. The molecule has 0 aliphatic carbocycles. The first kappa shape index (κ1) is 22.8. The molecule has 1 N–H and O–H groups in total. The first-order valence-corrected chi connectivity index (χ1v) is 8.67. The van der Waals surface area contributed by atoms with Gasteiger partial charge in [0.25, 0.3) is 0 Å². The second-order valence-corrected chi connectivity index (χ2v) is 6.09. The van der Waals surface area contributed by atoms with Crippen LogP contribution in [0.4, 0.5) is 0 Å². The predicted molar refractivity (Wildman–Crippen MR) is 90.2 cm³/mol. The van der Waals surface area contributed by atoms with E-state index in [1.807, 2.05) is 6.92 Å². The number of ether oxygens (including phenoxy) is 5. The van der Waals surface area contributed by atoms with Crippen molar-refractivity contribution in [3.8, 4) is 0 Å². The Hall–Kier alpha value is -2.20. The van der Waals surface area contributed by atoms with Gasteiger partial charge in [0, 0.05) is 34.3 Å². The van der Waals surface area contributed by atoms with Gasteiger partial charge < -0.3 is 29.0 Å². The van der Waals surface area contributed by atoms with Gasteiger partial charge in [-0.3, -0.25) is 19.2 Å². The molecule has 1 rings (SSSR count). The molecule has 0 aromatic rings. The van der Waals surface area contributed by atoms with Crippen LogP contribution in [0, 0.1) is 0 Å². The van der Waals surface area contributed by atoms with Gasteiger partial charge in [-0.15, -0.1) is 0 Å². The van der Waals surface area contributed by atoms with E-state index >= 15 is 0 Å². The van der Waals surface area contributed by atoms with Crippen molar-refractivity contribution < 1.29 is 42.9 Å². The zero-order valence-corrected chi connectivity index (χ0v) is 16.2. The second-order valence-electron chi connectivity index (χ2n) is 6.09. The summed E-state index contributed by atoms with van der Waals surface area (Å²) < 4.78 is 27.0. The largest absolute Gasteiger partial charge is 0.463 e. The third-order valence-electron chi connectivity index (χ3n) is 3.56. The number of esters is 3. The summed E-state index contributed by atoms with van der Waals surface area (Å²) >= 11 is 0. The number of amides is 1. The summed E-state index contributed by atoms with van der Waals surface area (Å²) in [5, 5.41) is 2.62. The normalized spacial score (nSPS) is 27.4. The fourth-order valence-corrected chi connectivity index (χ4v) is 2.67. The molecule has 0 saturated carbocycles. The van der Waals surface area contributed by atoms with E-state index in [-0.39, 0.29) is 6.61 Å². The van der Waals surface area contributed by atoms with E-state index in [1.165, 1.54) is 27.7 Å². The van der Waals surface area contributed by atoms with Crippen LogP contribution < -0.4 is 5.32 Å². The third-order valence-corrected chi connectivity index (χ3v) is 3.56. The van der Waals surface area contributed by atoms with E-state index in [9.17, 15) is 19.2 Å². The molecular weight excluding hydrogens is 362 g/mol. The fourth-order valence-electron chi connectivity index (χ4n) is 2.67. The number of nitrogens with one attached hydrogen (secondary N) is 1. The van der Waals surface area contributed by atoms with Crippen LogP contribution in [0.2, 0.25) is 0 Å². The van der Waals surface area contributed by atoms with E-state index in [4.69, 9.17) is 23.7 Å². The number of hydrogen-bond acceptors (Lipinski definition) is 9. The molecule has 0 radical (unpaired) electrons. The summed E-state index contributed by atoms with van der Waals surface area (Å²) in [6.07, 6.45) is -3.47. The van der Waals surface area contributed by atoms with E-state index in [2.05, 4.69) is 5.32 Å². The third kappa shape index (κ3) is 7.51. The predicted octanol–water partition coefficient (Wildman–Crippen LogP) is 0.0691. The molecule has 1 fully saturated rings. The lowest BCUT2D eigenvalue weighted by molar-refractivity contribution is -0.277. The van der Waals surface area contributed by atoms with Crippen LogP contribution in [0.5, 0.6) is 0 Å². The maximum Gasteiger partial charge on any atom is 0.303 e. The van der Waals surface area contributed by atoms with Crippen molar-refractivity contribution in [2.24, 2.45) is 0 Å². The standard InChI is InChI=1S/C17H27NO9/c1-6-7-23-17-14(18-9(2)19)16(26-12(5)22)15(25-11(4)21)13(27-17)8-24-10(3)20/h13-17H,6-8H2,1-5H3,(H,18,19)/t13-,14+,15+,16-,17-/m1/s1. The Morgan fingerprint density at radius 3 is 2.00 bits per heavy atom. The minimum atomic E-state index is -1.11. The summed E-state index contributed by atoms with van der Waals surface area (Å²) in [4.78, 5) is 46.0. The Bertz CT molecular complexity index is 551. The topological polar surface area (TPSA) is 126 Å². The highest BCUT2D eigenvalue weighted by Crippen LogP contribution is 2.28. The minimum Gasteiger partial charge on any atom is -0.463 e. The van der Waals surface area contributed by atoms with E-state index in [0.717, 1.165) is 0 Å². The molecule has 0 unspecified atom stereocenters. The maximum atomic E-state index is 11.6. The van der Waals surface area contributed by atoms with Gasteiger partial charge in [-0.25, -0.2) is 0 Å². The van der Waals surface area contributed by atoms with Crippen LogP contribution in [-0.4, -0.2) is 67.7 Å². The van der Waals surface area contributed by atoms with E-state index in [1.54, 1.807) is 0 Å². The van der Waals surface area contributed by atoms with Gasteiger partial charge in [-0.05, 0) is 6.42 Å².